The van der Waals surface area contributed by atoms with Crippen LogP contribution in [0.2, 0.25) is 0 Å². The normalized spacial score (nSPS) is 14.0. The van der Waals surface area contributed by atoms with Crippen molar-refractivity contribution in [2.45, 2.75) is 42.6 Å². The molecular formula is C18H17BrN4O3S. The van der Waals surface area contributed by atoms with Gasteiger partial charge in [0.05, 0.1) is 0 Å². The standard InChI is InChI=1S/C18H17BrN4O3S/c19-12-3-4-13-11(7-16(25)26-14(13)8-12)9-27-18-22-21-17(10-1-2-10)23(18)6-5-15(20)24/h3-4,7-8,10H,1-2,5-6,9H2,(H2,20,24). The van der Waals surface area contributed by atoms with E-state index in [1.54, 1.807) is 6.07 Å². The molecule has 27 heavy (non-hydrogen) atoms. The number of halogens is 1. The van der Waals surface area contributed by atoms with Gasteiger partial charge in [-0.3, -0.25) is 4.79 Å². The van der Waals surface area contributed by atoms with Crippen molar-refractivity contribution in [3.63, 3.8) is 0 Å². The smallest absolute Gasteiger partial charge is 0.336 e. The summed E-state index contributed by atoms with van der Waals surface area (Å²) >= 11 is 4.88. The van der Waals surface area contributed by atoms with Crippen LogP contribution in [0.4, 0.5) is 0 Å². The zero-order valence-corrected chi connectivity index (χ0v) is 16.8. The number of fused-ring (bicyclic) bond motifs is 1. The first-order chi connectivity index (χ1) is 13.0. The van der Waals surface area contributed by atoms with E-state index < -0.39 is 0 Å². The highest BCUT2D eigenvalue weighted by Gasteiger charge is 2.30. The maximum Gasteiger partial charge on any atom is 0.336 e. The molecular weight excluding hydrogens is 432 g/mol. The molecule has 0 aliphatic heterocycles. The van der Waals surface area contributed by atoms with Gasteiger partial charge in [-0.2, -0.15) is 0 Å². The molecule has 1 aliphatic carbocycles. The minimum absolute atomic E-state index is 0.247. The Morgan fingerprint density at radius 2 is 2.15 bits per heavy atom. The Bertz CT molecular complexity index is 1070. The van der Waals surface area contributed by atoms with E-state index in [2.05, 4.69) is 26.1 Å². The third-order valence-corrected chi connectivity index (χ3v) is 5.93. The molecule has 3 aromatic rings. The summed E-state index contributed by atoms with van der Waals surface area (Å²) in [6, 6.07) is 7.13. The van der Waals surface area contributed by atoms with E-state index in [1.165, 1.54) is 17.8 Å². The van der Waals surface area contributed by atoms with Gasteiger partial charge >= 0.3 is 5.63 Å². The molecule has 2 heterocycles. The zero-order valence-electron chi connectivity index (χ0n) is 14.4. The van der Waals surface area contributed by atoms with Gasteiger partial charge in [0.25, 0.3) is 0 Å². The first-order valence-electron chi connectivity index (χ1n) is 8.58. The average Bonchev–Trinajstić information content (AvgIpc) is 3.38. The van der Waals surface area contributed by atoms with Crippen molar-refractivity contribution in [1.29, 1.82) is 0 Å². The van der Waals surface area contributed by atoms with Gasteiger partial charge in [-0.25, -0.2) is 4.79 Å². The number of rotatable bonds is 7. The lowest BCUT2D eigenvalue weighted by atomic mass is 10.1. The highest BCUT2D eigenvalue weighted by molar-refractivity contribution is 9.10. The predicted octanol–water partition coefficient (Wildman–Crippen LogP) is 3.19. The van der Waals surface area contributed by atoms with Gasteiger partial charge in [0.15, 0.2) is 5.16 Å². The fourth-order valence-electron chi connectivity index (χ4n) is 2.95. The Hall–Kier alpha value is -2.13. The Morgan fingerprint density at radius 3 is 2.89 bits per heavy atom. The SMILES string of the molecule is NC(=O)CCn1c(SCc2cc(=O)oc3cc(Br)ccc23)nnc1C1CC1. The minimum atomic E-state index is -0.384. The lowest BCUT2D eigenvalue weighted by Gasteiger charge is -2.09. The van der Waals surface area contributed by atoms with Crippen molar-refractivity contribution in [2.24, 2.45) is 5.73 Å². The summed E-state index contributed by atoms with van der Waals surface area (Å²) in [7, 11) is 0. The van der Waals surface area contributed by atoms with E-state index in [9.17, 15) is 9.59 Å². The Kier molecular flexibility index (Phi) is 5.05. The summed E-state index contributed by atoms with van der Waals surface area (Å²) in [6.45, 7) is 0.473. The van der Waals surface area contributed by atoms with Crippen LogP contribution in [0, 0.1) is 0 Å². The van der Waals surface area contributed by atoms with Gasteiger partial charge in [0, 0.05) is 40.6 Å². The predicted molar refractivity (Wildman–Crippen MR) is 106 cm³/mol. The Labute approximate surface area is 167 Å². The molecule has 1 amide bonds. The van der Waals surface area contributed by atoms with Crippen LogP contribution in [0.1, 0.15) is 36.6 Å². The van der Waals surface area contributed by atoms with Crippen LogP contribution in [0.3, 0.4) is 0 Å². The number of thioether (sulfide) groups is 1. The lowest BCUT2D eigenvalue weighted by Crippen LogP contribution is -2.15. The summed E-state index contributed by atoms with van der Waals surface area (Å²) in [6.07, 6.45) is 2.44. The second-order valence-corrected chi connectivity index (χ2v) is 8.36. The van der Waals surface area contributed by atoms with Crippen LogP contribution in [-0.2, 0) is 17.1 Å². The van der Waals surface area contributed by atoms with E-state index in [4.69, 9.17) is 10.2 Å². The third kappa shape index (κ3) is 4.08. The van der Waals surface area contributed by atoms with E-state index in [0.29, 0.717) is 23.8 Å². The molecule has 2 aromatic heterocycles. The maximum absolute atomic E-state index is 11.9. The fraction of sp³-hybridized carbons (Fsp3) is 0.333. The summed E-state index contributed by atoms with van der Waals surface area (Å²) in [5.41, 5.74) is 6.34. The van der Waals surface area contributed by atoms with E-state index in [-0.39, 0.29) is 18.0 Å². The van der Waals surface area contributed by atoms with Crippen molar-refractivity contribution in [3.05, 3.63) is 50.5 Å². The molecule has 140 valence electrons. The Balaban J connectivity index is 1.61. The van der Waals surface area contributed by atoms with E-state index in [1.807, 2.05) is 16.7 Å². The average molecular weight is 449 g/mol. The first-order valence-corrected chi connectivity index (χ1v) is 10.4. The molecule has 1 aliphatic rings. The van der Waals surface area contributed by atoms with Crippen molar-refractivity contribution < 1.29 is 9.21 Å². The largest absolute Gasteiger partial charge is 0.423 e. The fourth-order valence-corrected chi connectivity index (χ4v) is 4.25. The zero-order chi connectivity index (χ0) is 19.0. The number of nitrogens with two attached hydrogens (primary N) is 1. The molecule has 0 atom stereocenters. The summed E-state index contributed by atoms with van der Waals surface area (Å²) in [4.78, 5) is 23.1. The number of hydrogen-bond acceptors (Lipinski definition) is 6. The second kappa shape index (κ2) is 7.47. The number of carbonyl (C=O) groups is 1. The third-order valence-electron chi connectivity index (χ3n) is 4.42. The molecule has 0 radical (unpaired) electrons. The second-order valence-electron chi connectivity index (χ2n) is 6.50. The molecule has 4 rings (SSSR count). The molecule has 0 bridgehead atoms. The van der Waals surface area contributed by atoms with Crippen molar-refractivity contribution in [2.75, 3.05) is 0 Å². The molecule has 2 N–H and O–H groups in total. The van der Waals surface area contributed by atoms with Crippen molar-refractivity contribution >= 4 is 44.6 Å². The van der Waals surface area contributed by atoms with Crippen LogP contribution in [0.5, 0.6) is 0 Å². The number of benzene rings is 1. The number of amides is 1. The van der Waals surface area contributed by atoms with Crippen LogP contribution in [0.25, 0.3) is 11.0 Å². The van der Waals surface area contributed by atoms with Gasteiger partial charge in [-0.1, -0.05) is 27.7 Å². The van der Waals surface area contributed by atoms with Crippen LogP contribution in [-0.4, -0.2) is 20.7 Å². The molecule has 7 nitrogen and oxygen atoms in total. The molecule has 1 fully saturated rings. The monoisotopic (exact) mass is 448 g/mol. The van der Waals surface area contributed by atoms with Crippen molar-refractivity contribution in [3.8, 4) is 0 Å². The number of carbonyl (C=O) groups excluding carboxylic acids is 1. The molecule has 9 heteroatoms. The van der Waals surface area contributed by atoms with Crippen LogP contribution in [0.15, 0.2) is 43.1 Å². The molecule has 0 spiro atoms. The number of aromatic nitrogens is 3. The number of primary amides is 1. The molecule has 1 saturated carbocycles. The van der Waals surface area contributed by atoms with Gasteiger partial charge in [-0.05, 0) is 36.6 Å². The molecule has 1 aromatic carbocycles. The maximum atomic E-state index is 11.9. The van der Waals surface area contributed by atoms with E-state index >= 15 is 0 Å². The van der Waals surface area contributed by atoms with Gasteiger partial charge in [0.2, 0.25) is 5.91 Å². The summed E-state index contributed by atoms with van der Waals surface area (Å²) in [5, 5.41) is 10.2. The molecule has 0 unspecified atom stereocenters. The van der Waals surface area contributed by atoms with Crippen molar-refractivity contribution in [1.82, 2.24) is 14.8 Å². The van der Waals surface area contributed by atoms with Gasteiger partial charge in [0.1, 0.15) is 11.4 Å². The van der Waals surface area contributed by atoms with Crippen LogP contribution >= 0.6 is 27.7 Å². The lowest BCUT2D eigenvalue weighted by molar-refractivity contribution is -0.118. The minimum Gasteiger partial charge on any atom is -0.423 e. The quantitative estimate of drug-likeness (QED) is 0.439. The van der Waals surface area contributed by atoms with Crippen LogP contribution < -0.4 is 11.4 Å². The summed E-state index contributed by atoms with van der Waals surface area (Å²) < 4.78 is 8.12. The number of hydrogen-bond donors (Lipinski definition) is 1. The highest BCUT2D eigenvalue weighted by Crippen LogP contribution is 2.40. The molecule has 0 saturated heterocycles. The van der Waals surface area contributed by atoms with Gasteiger partial charge in [-0.15, -0.1) is 10.2 Å². The Morgan fingerprint density at radius 1 is 1.33 bits per heavy atom. The van der Waals surface area contributed by atoms with Gasteiger partial charge < -0.3 is 14.7 Å². The highest BCUT2D eigenvalue weighted by atomic mass is 79.9. The number of nitrogens with zero attached hydrogens (tertiary/aromatic N) is 3. The van der Waals surface area contributed by atoms with E-state index in [0.717, 1.165) is 39.2 Å². The first kappa shape index (κ1) is 18.2. The topological polar surface area (TPSA) is 104 Å². The summed E-state index contributed by atoms with van der Waals surface area (Å²) in [5.74, 6) is 1.53.